The number of para-hydroxylation sites is 1. The largest absolute Gasteiger partial charge is 0.507 e. The van der Waals surface area contributed by atoms with Gasteiger partial charge in [0.1, 0.15) is 11.5 Å². The summed E-state index contributed by atoms with van der Waals surface area (Å²) < 4.78 is 5.60. The Morgan fingerprint density at radius 1 is 1.04 bits per heavy atom. The van der Waals surface area contributed by atoms with Crippen LogP contribution in [0.15, 0.2) is 48.5 Å². The zero-order chi connectivity index (χ0) is 16.5. The van der Waals surface area contributed by atoms with Crippen molar-refractivity contribution in [3.63, 3.8) is 0 Å². The topological polar surface area (TPSA) is 84.6 Å². The Balaban J connectivity index is 1.56. The van der Waals surface area contributed by atoms with Crippen molar-refractivity contribution in [1.29, 1.82) is 0 Å². The summed E-state index contributed by atoms with van der Waals surface area (Å²) >= 11 is 0. The van der Waals surface area contributed by atoms with Gasteiger partial charge in [-0.3, -0.25) is 4.79 Å². The summed E-state index contributed by atoms with van der Waals surface area (Å²) in [5.41, 5.74) is 6.63. The van der Waals surface area contributed by atoms with Crippen molar-refractivity contribution in [1.82, 2.24) is 5.32 Å². The Morgan fingerprint density at radius 2 is 1.78 bits per heavy atom. The molecule has 1 amide bonds. The first-order valence-corrected chi connectivity index (χ1v) is 7.71. The molecule has 5 nitrogen and oxygen atoms in total. The van der Waals surface area contributed by atoms with Gasteiger partial charge in [-0.1, -0.05) is 12.1 Å². The predicted molar refractivity (Wildman–Crippen MR) is 90.6 cm³/mol. The summed E-state index contributed by atoms with van der Waals surface area (Å²) in [5, 5.41) is 12.4. The number of anilines is 1. The second kappa shape index (κ2) is 8.68. The third-order valence-electron chi connectivity index (χ3n) is 3.40. The van der Waals surface area contributed by atoms with Gasteiger partial charge in [0, 0.05) is 12.2 Å². The molecule has 4 N–H and O–H groups in total. The third-order valence-corrected chi connectivity index (χ3v) is 3.40. The van der Waals surface area contributed by atoms with Crippen LogP contribution in [0.1, 0.15) is 29.6 Å². The maximum absolute atomic E-state index is 11.9. The summed E-state index contributed by atoms with van der Waals surface area (Å²) in [6.45, 7) is 1.21. The number of phenolic OH excluding ortho intramolecular Hbond substituents is 1. The summed E-state index contributed by atoms with van der Waals surface area (Å²) in [6.07, 6.45) is 2.73. The number of nitrogens with two attached hydrogens (primary N) is 1. The molecule has 0 aliphatic carbocycles. The summed E-state index contributed by atoms with van der Waals surface area (Å²) in [7, 11) is 0. The minimum Gasteiger partial charge on any atom is -0.507 e. The van der Waals surface area contributed by atoms with E-state index in [9.17, 15) is 9.90 Å². The van der Waals surface area contributed by atoms with Crippen molar-refractivity contribution in [3.05, 3.63) is 54.1 Å². The van der Waals surface area contributed by atoms with E-state index in [4.69, 9.17) is 10.5 Å². The Morgan fingerprint density at radius 3 is 2.52 bits per heavy atom. The normalized spacial score (nSPS) is 10.3. The molecule has 122 valence electrons. The van der Waals surface area contributed by atoms with Gasteiger partial charge in [-0.25, -0.2) is 0 Å². The quantitative estimate of drug-likeness (QED) is 0.516. The maximum Gasteiger partial charge on any atom is 0.255 e. The Labute approximate surface area is 136 Å². The van der Waals surface area contributed by atoms with E-state index in [1.54, 1.807) is 18.2 Å². The standard InChI is InChI=1S/C18H22N2O3/c19-14-8-10-15(11-9-14)23-13-5-1-4-12-20-18(22)16-6-2-3-7-17(16)21/h2-3,6-11,21H,1,4-5,12-13,19H2,(H,20,22). The maximum atomic E-state index is 11.9. The van der Waals surface area contributed by atoms with E-state index in [2.05, 4.69) is 5.32 Å². The average Bonchev–Trinajstić information content (AvgIpc) is 2.56. The van der Waals surface area contributed by atoms with Gasteiger partial charge >= 0.3 is 0 Å². The Kier molecular flexibility index (Phi) is 6.29. The van der Waals surface area contributed by atoms with Gasteiger partial charge in [-0.05, 0) is 55.7 Å². The average molecular weight is 314 g/mol. The first-order valence-electron chi connectivity index (χ1n) is 7.71. The van der Waals surface area contributed by atoms with E-state index in [1.165, 1.54) is 6.07 Å². The fourth-order valence-electron chi connectivity index (χ4n) is 2.12. The highest BCUT2D eigenvalue weighted by atomic mass is 16.5. The monoisotopic (exact) mass is 314 g/mol. The minimum absolute atomic E-state index is 0.00176. The molecule has 0 bridgehead atoms. The van der Waals surface area contributed by atoms with Crippen LogP contribution in [0.3, 0.4) is 0 Å². The fraction of sp³-hybridized carbons (Fsp3) is 0.278. The minimum atomic E-state index is -0.249. The fourth-order valence-corrected chi connectivity index (χ4v) is 2.12. The van der Waals surface area contributed by atoms with E-state index >= 15 is 0 Å². The zero-order valence-electron chi connectivity index (χ0n) is 13.0. The van der Waals surface area contributed by atoms with Crippen LogP contribution in [-0.4, -0.2) is 24.2 Å². The number of nitrogens with one attached hydrogen (secondary N) is 1. The molecule has 0 fully saturated rings. The molecule has 0 radical (unpaired) electrons. The summed E-state index contributed by atoms with van der Waals surface area (Å²) in [4.78, 5) is 11.9. The number of nitrogen functional groups attached to an aromatic ring is 1. The smallest absolute Gasteiger partial charge is 0.255 e. The van der Waals surface area contributed by atoms with E-state index in [0.29, 0.717) is 18.7 Å². The molecule has 0 saturated carbocycles. The SMILES string of the molecule is Nc1ccc(OCCCCCNC(=O)c2ccccc2O)cc1. The van der Waals surface area contributed by atoms with Gasteiger partial charge in [-0.15, -0.1) is 0 Å². The molecule has 0 aliphatic rings. The molecule has 0 aromatic heterocycles. The number of hydrogen-bond acceptors (Lipinski definition) is 4. The molecule has 0 heterocycles. The van der Waals surface area contributed by atoms with Gasteiger partial charge in [0.15, 0.2) is 0 Å². The lowest BCUT2D eigenvalue weighted by molar-refractivity contribution is 0.0950. The molecule has 2 rings (SSSR count). The van der Waals surface area contributed by atoms with Crippen LogP contribution in [0.4, 0.5) is 5.69 Å². The molecule has 2 aromatic carbocycles. The van der Waals surface area contributed by atoms with Gasteiger partial charge in [-0.2, -0.15) is 0 Å². The van der Waals surface area contributed by atoms with Crippen LogP contribution in [-0.2, 0) is 0 Å². The molecule has 23 heavy (non-hydrogen) atoms. The predicted octanol–water partition coefficient (Wildman–Crippen LogP) is 2.95. The number of unbranched alkanes of at least 4 members (excludes halogenated alkanes) is 2. The lowest BCUT2D eigenvalue weighted by atomic mass is 10.2. The summed E-state index contributed by atoms with van der Waals surface area (Å²) in [5.74, 6) is 0.565. The van der Waals surface area contributed by atoms with Gasteiger partial charge in [0.2, 0.25) is 0 Å². The van der Waals surface area contributed by atoms with Crippen LogP contribution in [0.25, 0.3) is 0 Å². The number of amides is 1. The van der Waals surface area contributed by atoms with Crippen molar-refractivity contribution in [3.8, 4) is 11.5 Å². The van der Waals surface area contributed by atoms with Gasteiger partial charge in [0.05, 0.1) is 12.2 Å². The third kappa shape index (κ3) is 5.54. The number of rotatable bonds is 8. The zero-order valence-corrected chi connectivity index (χ0v) is 13.0. The number of aromatic hydroxyl groups is 1. The number of carbonyl (C=O) groups excluding carboxylic acids is 1. The number of benzene rings is 2. The van der Waals surface area contributed by atoms with Crippen molar-refractivity contribution in [2.24, 2.45) is 0 Å². The van der Waals surface area contributed by atoms with E-state index in [1.807, 2.05) is 24.3 Å². The van der Waals surface area contributed by atoms with E-state index < -0.39 is 0 Å². The molecular weight excluding hydrogens is 292 g/mol. The Bertz CT molecular complexity index is 626. The van der Waals surface area contributed by atoms with Crippen LogP contribution in [0, 0.1) is 0 Å². The van der Waals surface area contributed by atoms with Gasteiger partial charge < -0.3 is 20.9 Å². The Hall–Kier alpha value is -2.69. The number of ether oxygens (including phenoxy) is 1. The summed E-state index contributed by atoms with van der Waals surface area (Å²) in [6, 6.07) is 13.8. The van der Waals surface area contributed by atoms with Crippen molar-refractivity contribution in [2.45, 2.75) is 19.3 Å². The molecule has 2 aromatic rings. The first-order chi connectivity index (χ1) is 11.2. The highest BCUT2D eigenvalue weighted by Gasteiger charge is 2.08. The molecule has 0 aliphatic heterocycles. The number of phenols is 1. The second-order valence-electron chi connectivity index (χ2n) is 5.25. The van der Waals surface area contributed by atoms with Crippen LogP contribution < -0.4 is 15.8 Å². The molecule has 0 atom stereocenters. The molecular formula is C18H22N2O3. The molecule has 0 saturated heterocycles. The number of carbonyl (C=O) groups is 1. The van der Waals surface area contributed by atoms with Crippen LogP contribution in [0.5, 0.6) is 11.5 Å². The first kappa shape index (κ1) is 16.7. The van der Waals surface area contributed by atoms with Crippen LogP contribution in [0.2, 0.25) is 0 Å². The molecule has 0 unspecified atom stereocenters. The van der Waals surface area contributed by atoms with Crippen molar-refractivity contribution < 1.29 is 14.6 Å². The lowest BCUT2D eigenvalue weighted by Gasteiger charge is -2.08. The van der Waals surface area contributed by atoms with E-state index in [-0.39, 0.29) is 11.7 Å². The van der Waals surface area contributed by atoms with Crippen LogP contribution >= 0.6 is 0 Å². The number of hydrogen-bond donors (Lipinski definition) is 3. The molecule has 0 spiro atoms. The van der Waals surface area contributed by atoms with Crippen molar-refractivity contribution >= 4 is 11.6 Å². The van der Waals surface area contributed by atoms with E-state index in [0.717, 1.165) is 30.7 Å². The second-order valence-corrected chi connectivity index (χ2v) is 5.25. The highest BCUT2D eigenvalue weighted by molar-refractivity contribution is 5.96. The van der Waals surface area contributed by atoms with Crippen molar-refractivity contribution in [2.75, 3.05) is 18.9 Å². The molecule has 5 heteroatoms. The van der Waals surface area contributed by atoms with Gasteiger partial charge in [0.25, 0.3) is 5.91 Å². The lowest BCUT2D eigenvalue weighted by Crippen LogP contribution is -2.24. The highest BCUT2D eigenvalue weighted by Crippen LogP contribution is 2.15.